The summed E-state index contributed by atoms with van der Waals surface area (Å²) in [5.41, 5.74) is -0.670. The summed E-state index contributed by atoms with van der Waals surface area (Å²) in [5.74, 6) is -0.0801. The van der Waals surface area contributed by atoms with E-state index in [9.17, 15) is 9.59 Å². The third-order valence-corrected chi connectivity index (χ3v) is 5.32. The van der Waals surface area contributed by atoms with Crippen molar-refractivity contribution in [2.75, 3.05) is 13.1 Å². The van der Waals surface area contributed by atoms with E-state index in [1.807, 2.05) is 11.4 Å². The number of halogens is 1. The minimum absolute atomic E-state index is 0.0801. The Kier molecular flexibility index (Phi) is 3.36. The van der Waals surface area contributed by atoms with E-state index in [-0.39, 0.29) is 11.9 Å². The van der Waals surface area contributed by atoms with Gasteiger partial charge in [-0.25, -0.2) is 4.79 Å². The molecule has 19 heavy (non-hydrogen) atoms. The lowest BCUT2D eigenvalue weighted by Gasteiger charge is -2.31. The number of carbonyl (C=O) groups excluding carboxylic acids is 2. The molecule has 0 aliphatic carbocycles. The van der Waals surface area contributed by atoms with Gasteiger partial charge in [-0.1, -0.05) is 0 Å². The molecule has 2 N–H and O–H groups in total. The lowest BCUT2D eigenvalue weighted by molar-refractivity contribution is -0.132. The van der Waals surface area contributed by atoms with Gasteiger partial charge in [0.1, 0.15) is 5.54 Å². The van der Waals surface area contributed by atoms with E-state index < -0.39 is 5.54 Å². The molecule has 0 atom stereocenters. The number of amides is 3. The highest BCUT2D eigenvalue weighted by atomic mass is 79.9. The van der Waals surface area contributed by atoms with Gasteiger partial charge < -0.3 is 10.6 Å². The summed E-state index contributed by atoms with van der Waals surface area (Å²) < 4.78 is 0.983. The molecule has 2 aliphatic heterocycles. The highest BCUT2D eigenvalue weighted by molar-refractivity contribution is 9.10. The van der Waals surface area contributed by atoms with Gasteiger partial charge in [-0.2, -0.15) is 0 Å². The largest absolute Gasteiger partial charge is 0.325 e. The van der Waals surface area contributed by atoms with Crippen molar-refractivity contribution in [3.05, 3.63) is 20.8 Å². The second-order valence-electron chi connectivity index (χ2n) is 4.88. The Morgan fingerprint density at radius 2 is 2.11 bits per heavy atom. The predicted molar refractivity (Wildman–Crippen MR) is 75.9 cm³/mol. The van der Waals surface area contributed by atoms with E-state index >= 15 is 0 Å². The molecular formula is C12H14BrN3O2S. The number of piperidine rings is 1. The number of rotatable bonds is 2. The third kappa shape index (κ3) is 2.30. The topological polar surface area (TPSA) is 61.4 Å². The van der Waals surface area contributed by atoms with Gasteiger partial charge in [-0.3, -0.25) is 9.69 Å². The fourth-order valence-corrected chi connectivity index (χ4v) is 4.04. The van der Waals surface area contributed by atoms with E-state index in [4.69, 9.17) is 0 Å². The summed E-state index contributed by atoms with van der Waals surface area (Å²) >= 11 is 4.92. The summed E-state index contributed by atoms with van der Waals surface area (Å²) in [7, 11) is 0. The van der Waals surface area contributed by atoms with E-state index in [1.165, 1.54) is 4.90 Å². The molecule has 2 saturated heterocycles. The maximum atomic E-state index is 12.5. The van der Waals surface area contributed by atoms with Gasteiger partial charge >= 0.3 is 6.03 Å². The molecule has 3 heterocycles. The monoisotopic (exact) mass is 343 g/mol. The quantitative estimate of drug-likeness (QED) is 0.803. The van der Waals surface area contributed by atoms with Gasteiger partial charge in [0.05, 0.1) is 6.54 Å². The molecule has 7 heteroatoms. The van der Waals surface area contributed by atoms with Gasteiger partial charge in [-0.15, -0.1) is 11.3 Å². The molecule has 3 amide bonds. The Labute approximate surface area is 123 Å². The molecule has 0 bridgehead atoms. The first-order valence-electron chi connectivity index (χ1n) is 6.18. The maximum Gasteiger partial charge on any atom is 0.325 e. The predicted octanol–water partition coefficient (Wildman–Crippen LogP) is 1.68. The van der Waals surface area contributed by atoms with Crippen LogP contribution in [0.5, 0.6) is 0 Å². The standard InChI is InChI=1S/C12H14BrN3O2S/c13-8-5-9(19-7-8)6-16-10(17)12(15-11(16)18)1-3-14-4-2-12/h5,7,14H,1-4,6H2,(H,15,18). The Morgan fingerprint density at radius 1 is 1.37 bits per heavy atom. The van der Waals surface area contributed by atoms with Crippen LogP contribution in [0, 0.1) is 0 Å². The molecular weight excluding hydrogens is 330 g/mol. The molecule has 1 aromatic heterocycles. The zero-order valence-electron chi connectivity index (χ0n) is 10.2. The Bertz CT molecular complexity index is 525. The van der Waals surface area contributed by atoms with Crippen LogP contribution >= 0.6 is 27.3 Å². The van der Waals surface area contributed by atoms with Crippen molar-refractivity contribution in [1.29, 1.82) is 0 Å². The van der Waals surface area contributed by atoms with Crippen LogP contribution in [-0.4, -0.2) is 35.5 Å². The minimum atomic E-state index is -0.670. The van der Waals surface area contributed by atoms with Gasteiger partial charge in [0.15, 0.2) is 0 Å². The number of urea groups is 1. The fraction of sp³-hybridized carbons (Fsp3) is 0.500. The molecule has 1 aromatic rings. The molecule has 0 saturated carbocycles. The molecule has 1 spiro atoms. The minimum Gasteiger partial charge on any atom is -0.323 e. The Balaban J connectivity index is 1.79. The van der Waals surface area contributed by atoms with Crippen LogP contribution in [-0.2, 0) is 11.3 Å². The van der Waals surface area contributed by atoms with Gasteiger partial charge in [0, 0.05) is 14.7 Å². The van der Waals surface area contributed by atoms with Crippen LogP contribution < -0.4 is 10.6 Å². The van der Waals surface area contributed by atoms with E-state index in [0.29, 0.717) is 19.4 Å². The zero-order valence-corrected chi connectivity index (χ0v) is 12.6. The van der Waals surface area contributed by atoms with Crippen LogP contribution in [0.15, 0.2) is 15.9 Å². The van der Waals surface area contributed by atoms with E-state index in [2.05, 4.69) is 26.6 Å². The lowest BCUT2D eigenvalue weighted by atomic mass is 9.88. The molecule has 5 nitrogen and oxygen atoms in total. The van der Waals surface area contributed by atoms with Crippen LogP contribution in [0.3, 0.4) is 0 Å². The first-order chi connectivity index (χ1) is 9.11. The summed E-state index contributed by atoms with van der Waals surface area (Å²) in [6.45, 7) is 1.89. The van der Waals surface area contributed by atoms with Crippen molar-refractivity contribution in [1.82, 2.24) is 15.5 Å². The van der Waals surface area contributed by atoms with Crippen LogP contribution in [0.25, 0.3) is 0 Å². The molecule has 3 rings (SSSR count). The average molecular weight is 344 g/mol. The number of nitrogens with zero attached hydrogens (tertiary/aromatic N) is 1. The average Bonchev–Trinajstić information content (AvgIpc) is 2.89. The number of carbonyl (C=O) groups is 2. The van der Waals surface area contributed by atoms with Gasteiger partial charge in [0.25, 0.3) is 5.91 Å². The van der Waals surface area contributed by atoms with Gasteiger partial charge in [-0.05, 0) is 47.9 Å². The first-order valence-corrected chi connectivity index (χ1v) is 7.86. The number of hydrogen-bond acceptors (Lipinski definition) is 4. The maximum absolute atomic E-state index is 12.5. The summed E-state index contributed by atoms with van der Waals surface area (Å²) in [6.07, 6.45) is 1.34. The molecule has 102 valence electrons. The molecule has 0 unspecified atom stereocenters. The smallest absolute Gasteiger partial charge is 0.323 e. The SMILES string of the molecule is O=C1NC2(CCNCC2)C(=O)N1Cc1cc(Br)cs1. The summed E-state index contributed by atoms with van der Waals surface area (Å²) in [6, 6.07) is 1.68. The van der Waals surface area contributed by atoms with Gasteiger partial charge in [0.2, 0.25) is 0 Å². The van der Waals surface area contributed by atoms with Crippen molar-refractivity contribution in [3.63, 3.8) is 0 Å². The molecule has 0 aromatic carbocycles. The zero-order chi connectivity index (χ0) is 13.5. The van der Waals surface area contributed by atoms with E-state index in [0.717, 1.165) is 22.4 Å². The highest BCUT2D eigenvalue weighted by Crippen LogP contribution is 2.29. The second kappa shape index (κ2) is 4.88. The van der Waals surface area contributed by atoms with Crippen molar-refractivity contribution in [3.8, 4) is 0 Å². The molecule has 2 fully saturated rings. The Morgan fingerprint density at radius 3 is 2.74 bits per heavy atom. The summed E-state index contributed by atoms with van der Waals surface area (Å²) in [5, 5.41) is 8.05. The van der Waals surface area contributed by atoms with Crippen LogP contribution in [0.4, 0.5) is 4.79 Å². The normalized spacial score (nSPS) is 22.1. The number of imide groups is 1. The number of hydrogen-bond donors (Lipinski definition) is 2. The van der Waals surface area contributed by atoms with Crippen LogP contribution in [0.2, 0.25) is 0 Å². The van der Waals surface area contributed by atoms with Crippen LogP contribution in [0.1, 0.15) is 17.7 Å². The Hall–Kier alpha value is -0.920. The van der Waals surface area contributed by atoms with E-state index in [1.54, 1.807) is 11.3 Å². The molecule has 2 aliphatic rings. The van der Waals surface area contributed by atoms with Crippen molar-refractivity contribution in [2.24, 2.45) is 0 Å². The third-order valence-electron chi connectivity index (χ3n) is 3.64. The van der Waals surface area contributed by atoms with Crippen molar-refractivity contribution < 1.29 is 9.59 Å². The van der Waals surface area contributed by atoms with Crippen molar-refractivity contribution in [2.45, 2.75) is 24.9 Å². The van der Waals surface area contributed by atoms with Crippen molar-refractivity contribution >= 4 is 39.2 Å². The summed E-state index contributed by atoms with van der Waals surface area (Å²) in [4.78, 5) is 26.9. The highest BCUT2D eigenvalue weighted by Gasteiger charge is 2.51. The lowest BCUT2D eigenvalue weighted by Crippen LogP contribution is -2.53. The number of nitrogens with one attached hydrogen (secondary N) is 2. The number of thiophene rings is 1. The molecule has 0 radical (unpaired) electrons. The fourth-order valence-electron chi connectivity index (χ4n) is 2.60. The first kappa shape index (κ1) is 13.1. The second-order valence-corrected chi connectivity index (χ2v) is 6.80.